The largest absolute Gasteiger partial charge is 0.493 e. The number of halogens is 2. The number of ether oxygens (including phenoxy) is 2. The number of carbonyl (C=O) groups excluding carboxylic acids is 1. The normalized spacial score (nSPS) is 23.8. The highest BCUT2D eigenvalue weighted by molar-refractivity contribution is 5.77. The molecule has 26 heavy (non-hydrogen) atoms. The van der Waals surface area contributed by atoms with Crippen molar-refractivity contribution in [3.8, 4) is 11.5 Å². The number of hydrogen-bond acceptors (Lipinski definition) is 3. The number of nitrogens with one attached hydrogen (secondary N) is 1. The lowest BCUT2D eigenvalue weighted by molar-refractivity contribution is -0.0894. The summed E-state index contributed by atoms with van der Waals surface area (Å²) < 4.78 is 38.8. The van der Waals surface area contributed by atoms with Gasteiger partial charge in [-0.3, -0.25) is 4.90 Å². The Balaban J connectivity index is 1.71. The summed E-state index contributed by atoms with van der Waals surface area (Å²) in [7, 11) is 1.55. The molecule has 2 aliphatic rings. The first-order valence-corrected chi connectivity index (χ1v) is 8.29. The second kappa shape index (κ2) is 5.86. The van der Waals surface area contributed by atoms with E-state index in [0.717, 1.165) is 11.6 Å². The minimum Gasteiger partial charge on any atom is -0.493 e. The topological polar surface area (TPSA) is 50.8 Å². The first kappa shape index (κ1) is 16.6. The lowest BCUT2D eigenvalue weighted by atomic mass is 9.90. The van der Waals surface area contributed by atoms with E-state index in [1.165, 1.54) is 17.0 Å². The molecule has 0 spiro atoms. The molecule has 0 saturated carbocycles. The Hall–Kier alpha value is -2.83. The number of rotatable bonds is 3. The Kier molecular flexibility index (Phi) is 3.75. The molecule has 0 radical (unpaired) electrons. The number of nitrogens with zero attached hydrogens (tertiary/aromatic N) is 1. The fourth-order valence-electron chi connectivity index (χ4n) is 3.62. The van der Waals surface area contributed by atoms with E-state index in [9.17, 15) is 13.6 Å². The van der Waals surface area contributed by atoms with Crippen LogP contribution >= 0.6 is 0 Å². The van der Waals surface area contributed by atoms with Crippen molar-refractivity contribution in [3.63, 3.8) is 0 Å². The van der Waals surface area contributed by atoms with Gasteiger partial charge in [0.2, 0.25) is 0 Å². The van der Waals surface area contributed by atoms with Crippen molar-refractivity contribution in [1.82, 2.24) is 10.2 Å². The monoisotopic (exact) mass is 360 g/mol. The Morgan fingerprint density at radius 3 is 2.88 bits per heavy atom. The minimum atomic E-state index is -0.977. The smallest absolute Gasteiger partial charge is 0.321 e. The Morgan fingerprint density at radius 2 is 2.15 bits per heavy atom. The average molecular weight is 360 g/mol. The molecule has 2 aromatic carbocycles. The summed E-state index contributed by atoms with van der Waals surface area (Å²) in [6.45, 7) is 1.75. The summed E-state index contributed by atoms with van der Waals surface area (Å²) in [5, 5.41) is 2.94. The van der Waals surface area contributed by atoms with E-state index in [1.807, 2.05) is 12.1 Å². The number of amides is 2. The zero-order chi connectivity index (χ0) is 18.5. The van der Waals surface area contributed by atoms with Crippen LogP contribution in [0.15, 0.2) is 36.4 Å². The van der Waals surface area contributed by atoms with Crippen LogP contribution in [0.1, 0.15) is 30.5 Å². The Morgan fingerprint density at radius 1 is 1.35 bits per heavy atom. The third kappa shape index (κ3) is 2.55. The van der Waals surface area contributed by atoms with Crippen LogP contribution in [0.25, 0.3) is 0 Å². The fourth-order valence-corrected chi connectivity index (χ4v) is 3.62. The van der Waals surface area contributed by atoms with E-state index >= 15 is 0 Å². The van der Waals surface area contributed by atoms with Crippen LogP contribution < -0.4 is 14.8 Å². The predicted octanol–water partition coefficient (Wildman–Crippen LogP) is 3.74. The average Bonchev–Trinajstić information content (AvgIpc) is 2.59. The van der Waals surface area contributed by atoms with E-state index in [2.05, 4.69) is 5.32 Å². The highest BCUT2D eigenvalue weighted by atomic mass is 19.1. The minimum absolute atomic E-state index is 0.0361. The quantitative estimate of drug-likeness (QED) is 0.907. The third-order valence-corrected chi connectivity index (χ3v) is 4.97. The molecule has 2 atom stereocenters. The van der Waals surface area contributed by atoms with Crippen LogP contribution in [-0.4, -0.2) is 23.8 Å². The molecule has 2 aliphatic heterocycles. The molecule has 7 heteroatoms. The maximum atomic E-state index is 14.1. The van der Waals surface area contributed by atoms with Crippen molar-refractivity contribution in [1.29, 1.82) is 0 Å². The molecule has 2 aromatic rings. The molecule has 4 rings (SSSR count). The first-order valence-electron chi connectivity index (χ1n) is 8.29. The lowest BCUT2D eigenvalue weighted by Gasteiger charge is -2.50. The van der Waals surface area contributed by atoms with Gasteiger partial charge in [-0.25, -0.2) is 13.6 Å². The van der Waals surface area contributed by atoms with Crippen molar-refractivity contribution in [3.05, 3.63) is 59.2 Å². The second-order valence-corrected chi connectivity index (χ2v) is 6.68. The van der Waals surface area contributed by atoms with Gasteiger partial charge in [0.05, 0.1) is 19.7 Å². The maximum absolute atomic E-state index is 14.1. The van der Waals surface area contributed by atoms with Crippen LogP contribution in [0, 0.1) is 11.6 Å². The predicted molar refractivity (Wildman–Crippen MR) is 89.8 cm³/mol. The standard InChI is InChI=1S/C19H18F2N2O3/c1-19-9-15(13-4-3-5-16(25-2)17(13)26-19)22-18(24)23(19)10-11-6-7-12(20)8-14(11)21/h3-8,15H,9-10H2,1-2H3,(H,22,24). The van der Waals surface area contributed by atoms with Gasteiger partial charge >= 0.3 is 6.03 Å². The van der Waals surface area contributed by atoms with Gasteiger partial charge in [0.25, 0.3) is 0 Å². The Bertz CT molecular complexity index is 889. The van der Waals surface area contributed by atoms with Gasteiger partial charge in [-0.1, -0.05) is 18.2 Å². The molecule has 2 unspecified atom stereocenters. The highest BCUT2D eigenvalue weighted by Crippen LogP contribution is 2.48. The lowest BCUT2D eigenvalue weighted by Crippen LogP contribution is -2.64. The summed E-state index contributed by atoms with van der Waals surface area (Å²) in [6.07, 6.45) is 0.502. The van der Waals surface area contributed by atoms with Gasteiger partial charge in [-0.05, 0) is 19.1 Å². The zero-order valence-electron chi connectivity index (χ0n) is 14.4. The molecular weight excluding hydrogens is 342 g/mol. The van der Waals surface area contributed by atoms with Crippen LogP contribution in [0.4, 0.5) is 13.6 Å². The van der Waals surface area contributed by atoms with Gasteiger partial charge in [0, 0.05) is 23.6 Å². The van der Waals surface area contributed by atoms with Crippen LogP contribution in [0.3, 0.4) is 0 Å². The summed E-state index contributed by atoms with van der Waals surface area (Å²) in [5.41, 5.74) is 0.0913. The molecule has 136 valence electrons. The van der Waals surface area contributed by atoms with Crippen molar-refractivity contribution >= 4 is 6.03 Å². The zero-order valence-corrected chi connectivity index (χ0v) is 14.4. The molecule has 0 aliphatic carbocycles. The molecule has 2 amide bonds. The van der Waals surface area contributed by atoms with E-state index < -0.39 is 17.4 Å². The summed E-state index contributed by atoms with van der Waals surface area (Å²) in [4.78, 5) is 14.1. The van der Waals surface area contributed by atoms with Crippen LogP contribution in [0.2, 0.25) is 0 Å². The Labute approximate surface area is 149 Å². The van der Waals surface area contributed by atoms with E-state index in [4.69, 9.17) is 9.47 Å². The molecule has 1 saturated heterocycles. The van der Waals surface area contributed by atoms with Crippen LogP contribution in [-0.2, 0) is 6.54 Å². The maximum Gasteiger partial charge on any atom is 0.321 e. The van der Waals surface area contributed by atoms with Crippen LogP contribution in [0.5, 0.6) is 11.5 Å². The molecule has 1 N–H and O–H groups in total. The summed E-state index contributed by atoms with van der Waals surface area (Å²) >= 11 is 0. The number of urea groups is 1. The van der Waals surface area contributed by atoms with E-state index in [0.29, 0.717) is 17.9 Å². The number of fused-ring (bicyclic) bond motifs is 4. The molecule has 2 bridgehead atoms. The second-order valence-electron chi connectivity index (χ2n) is 6.68. The van der Waals surface area contributed by atoms with Crippen molar-refractivity contribution in [2.45, 2.75) is 31.7 Å². The molecule has 5 nitrogen and oxygen atoms in total. The van der Waals surface area contributed by atoms with Crippen molar-refractivity contribution in [2.75, 3.05) is 7.11 Å². The third-order valence-electron chi connectivity index (χ3n) is 4.97. The number of hydrogen-bond donors (Lipinski definition) is 1. The fraction of sp³-hybridized carbons (Fsp3) is 0.316. The van der Waals surface area contributed by atoms with Crippen molar-refractivity contribution < 1.29 is 23.0 Å². The van der Waals surface area contributed by atoms with Gasteiger partial charge in [-0.2, -0.15) is 0 Å². The van der Waals surface area contributed by atoms with Gasteiger partial charge in [0.1, 0.15) is 11.6 Å². The van der Waals surface area contributed by atoms with Gasteiger partial charge < -0.3 is 14.8 Å². The van der Waals surface area contributed by atoms with E-state index in [1.54, 1.807) is 20.1 Å². The molecular formula is C19H18F2N2O3. The van der Waals surface area contributed by atoms with Crippen molar-refractivity contribution in [2.24, 2.45) is 0 Å². The molecule has 0 aromatic heterocycles. The number of para-hydroxylation sites is 1. The van der Waals surface area contributed by atoms with Gasteiger partial charge in [-0.15, -0.1) is 0 Å². The number of benzene rings is 2. The SMILES string of the molecule is COc1cccc2c1OC1(C)CC2NC(=O)N1Cc1ccc(F)cc1F. The van der Waals surface area contributed by atoms with Gasteiger partial charge in [0.15, 0.2) is 17.2 Å². The summed E-state index contributed by atoms with van der Waals surface area (Å²) in [5.74, 6) is -0.216. The highest BCUT2D eigenvalue weighted by Gasteiger charge is 2.49. The van der Waals surface area contributed by atoms with E-state index in [-0.39, 0.29) is 24.2 Å². The number of methoxy groups -OCH3 is 1. The molecule has 2 heterocycles. The first-order chi connectivity index (χ1) is 12.4. The summed E-state index contributed by atoms with van der Waals surface area (Å²) in [6, 6.07) is 8.25. The number of carbonyl (C=O) groups is 1. The molecule has 1 fully saturated rings.